The molecule has 0 aliphatic heterocycles. The van der Waals surface area contributed by atoms with Gasteiger partial charge in [-0.1, -0.05) is 146 Å². The van der Waals surface area contributed by atoms with E-state index in [0.29, 0.717) is 0 Å². The highest BCUT2D eigenvalue weighted by molar-refractivity contribution is 7.26. The monoisotopic (exact) mass is 579 g/mol. The lowest BCUT2D eigenvalue weighted by Gasteiger charge is -2.30. The molecule has 1 heterocycles. The van der Waals surface area contributed by atoms with Crippen molar-refractivity contribution in [2.24, 2.45) is 0 Å². The zero-order valence-electron chi connectivity index (χ0n) is 24.1. The molecule has 0 amide bonds. The summed E-state index contributed by atoms with van der Waals surface area (Å²) in [4.78, 5) is 2.46. The SMILES string of the molecule is c1ccc(-c2ccccc2-c2c(-c3ccccc3)cccc2N(c2ccccc2)c2cccc3c2sc2ccccc23)cc1. The fourth-order valence-corrected chi connectivity index (χ4v) is 7.54. The number of rotatable bonds is 6. The molecule has 1 aromatic heterocycles. The van der Waals surface area contributed by atoms with E-state index in [4.69, 9.17) is 0 Å². The quantitative estimate of drug-likeness (QED) is 0.189. The van der Waals surface area contributed by atoms with Crippen molar-refractivity contribution in [3.63, 3.8) is 0 Å². The van der Waals surface area contributed by atoms with Crippen molar-refractivity contribution in [1.29, 1.82) is 0 Å². The summed E-state index contributed by atoms with van der Waals surface area (Å²) in [5, 5.41) is 2.59. The molecular weight excluding hydrogens is 551 g/mol. The van der Waals surface area contributed by atoms with Gasteiger partial charge in [0.15, 0.2) is 0 Å². The van der Waals surface area contributed by atoms with Crippen LogP contribution in [0.3, 0.4) is 0 Å². The van der Waals surface area contributed by atoms with Crippen LogP contribution in [-0.2, 0) is 0 Å². The fourth-order valence-electron chi connectivity index (χ4n) is 6.33. The summed E-state index contributed by atoms with van der Waals surface area (Å²) in [7, 11) is 0. The van der Waals surface area contributed by atoms with Crippen molar-refractivity contribution < 1.29 is 0 Å². The Hall–Kier alpha value is -5.44. The Kier molecular flexibility index (Phi) is 6.75. The first-order valence-electron chi connectivity index (χ1n) is 15.0. The van der Waals surface area contributed by atoms with Crippen LogP contribution in [0.2, 0.25) is 0 Å². The normalized spacial score (nSPS) is 11.2. The molecular formula is C42H29NS. The van der Waals surface area contributed by atoms with E-state index >= 15 is 0 Å². The van der Waals surface area contributed by atoms with Crippen LogP contribution >= 0.6 is 11.3 Å². The van der Waals surface area contributed by atoms with Gasteiger partial charge in [-0.25, -0.2) is 0 Å². The molecule has 0 spiro atoms. The summed E-state index contributed by atoms with van der Waals surface area (Å²) < 4.78 is 2.58. The van der Waals surface area contributed by atoms with Crippen LogP contribution in [0.5, 0.6) is 0 Å². The minimum atomic E-state index is 1.13. The van der Waals surface area contributed by atoms with Gasteiger partial charge in [0, 0.05) is 26.7 Å². The van der Waals surface area contributed by atoms with Crippen LogP contribution in [0.1, 0.15) is 0 Å². The smallest absolute Gasteiger partial charge is 0.0640 e. The third-order valence-corrected chi connectivity index (χ3v) is 9.50. The molecule has 8 rings (SSSR count). The first-order chi connectivity index (χ1) is 21.9. The summed E-state index contributed by atoms with van der Waals surface area (Å²) in [5.74, 6) is 0. The number of para-hydroxylation sites is 1. The number of hydrogen-bond donors (Lipinski definition) is 0. The van der Waals surface area contributed by atoms with E-state index in [1.807, 2.05) is 11.3 Å². The molecule has 0 saturated heterocycles. The van der Waals surface area contributed by atoms with E-state index in [2.05, 4.69) is 181 Å². The Morgan fingerprint density at radius 2 is 0.886 bits per heavy atom. The van der Waals surface area contributed by atoms with Crippen molar-refractivity contribution in [2.75, 3.05) is 4.90 Å². The van der Waals surface area contributed by atoms with Crippen molar-refractivity contribution in [2.45, 2.75) is 0 Å². The second kappa shape index (κ2) is 11.3. The second-order valence-corrected chi connectivity index (χ2v) is 12.0. The molecule has 0 radical (unpaired) electrons. The van der Waals surface area contributed by atoms with Gasteiger partial charge in [-0.3, -0.25) is 0 Å². The molecule has 0 unspecified atom stereocenters. The van der Waals surface area contributed by atoms with Crippen molar-refractivity contribution in [3.8, 4) is 33.4 Å². The van der Waals surface area contributed by atoms with E-state index in [0.717, 1.165) is 11.4 Å². The number of anilines is 3. The highest BCUT2D eigenvalue weighted by Gasteiger charge is 2.24. The van der Waals surface area contributed by atoms with Gasteiger partial charge in [0.25, 0.3) is 0 Å². The topological polar surface area (TPSA) is 3.24 Å². The van der Waals surface area contributed by atoms with Gasteiger partial charge in [0.05, 0.1) is 16.1 Å². The highest BCUT2D eigenvalue weighted by atomic mass is 32.1. The van der Waals surface area contributed by atoms with E-state index in [9.17, 15) is 0 Å². The van der Waals surface area contributed by atoms with Crippen LogP contribution in [0, 0.1) is 0 Å². The summed E-state index contributed by atoms with van der Waals surface area (Å²) in [6, 6.07) is 63.3. The predicted octanol–water partition coefficient (Wildman–Crippen LogP) is 12.5. The van der Waals surface area contributed by atoms with Crippen LogP contribution in [0.15, 0.2) is 176 Å². The minimum Gasteiger partial charge on any atom is -0.308 e. The third-order valence-electron chi connectivity index (χ3n) is 8.29. The summed E-state index contributed by atoms with van der Waals surface area (Å²) in [5.41, 5.74) is 10.7. The number of fused-ring (bicyclic) bond motifs is 3. The van der Waals surface area contributed by atoms with Gasteiger partial charge >= 0.3 is 0 Å². The van der Waals surface area contributed by atoms with Crippen LogP contribution < -0.4 is 4.90 Å². The largest absolute Gasteiger partial charge is 0.308 e. The van der Waals surface area contributed by atoms with Gasteiger partial charge in [-0.2, -0.15) is 0 Å². The zero-order valence-corrected chi connectivity index (χ0v) is 24.9. The molecule has 208 valence electrons. The Morgan fingerprint density at radius 3 is 1.64 bits per heavy atom. The zero-order chi connectivity index (χ0) is 29.3. The molecule has 0 saturated carbocycles. The lowest BCUT2D eigenvalue weighted by Crippen LogP contribution is -2.12. The van der Waals surface area contributed by atoms with Crippen LogP contribution in [0.4, 0.5) is 17.1 Å². The molecule has 8 aromatic rings. The van der Waals surface area contributed by atoms with Gasteiger partial charge in [-0.05, 0) is 58.1 Å². The lowest BCUT2D eigenvalue weighted by atomic mass is 9.87. The standard InChI is InChI=1S/C42H29NS/c1-4-16-30(17-5-1)33-22-10-11-24-36(33)41-34(31-18-6-2-7-19-31)25-14-27-38(41)43(32-20-8-3-9-21-32)39-28-15-26-37-35-23-12-13-29-40(35)44-42(37)39/h1-29H. The molecule has 0 bridgehead atoms. The molecule has 0 aliphatic carbocycles. The van der Waals surface area contributed by atoms with E-state index in [1.165, 1.54) is 59.2 Å². The first-order valence-corrected chi connectivity index (χ1v) is 15.8. The molecule has 0 fully saturated rings. The Balaban J connectivity index is 1.48. The van der Waals surface area contributed by atoms with Gasteiger partial charge in [0.1, 0.15) is 0 Å². The molecule has 44 heavy (non-hydrogen) atoms. The van der Waals surface area contributed by atoms with Gasteiger partial charge in [0.2, 0.25) is 0 Å². The Morgan fingerprint density at radius 1 is 0.364 bits per heavy atom. The minimum absolute atomic E-state index is 1.13. The average molecular weight is 580 g/mol. The summed E-state index contributed by atoms with van der Waals surface area (Å²) in [6.07, 6.45) is 0. The summed E-state index contributed by atoms with van der Waals surface area (Å²) >= 11 is 1.87. The van der Waals surface area contributed by atoms with E-state index < -0.39 is 0 Å². The van der Waals surface area contributed by atoms with Crippen molar-refractivity contribution >= 4 is 48.6 Å². The fraction of sp³-hybridized carbons (Fsp3) is 0. The molecule has 0 atom stereocenters. The molecule has 1 nitrogen and oxygen atoms in total. The highest BCUT2D eigenvalue weighted by Crippen LogP contribution is 2.50. The van der Waals surface area contributed by atoms with E-state index in [-0.39, 0.29) is 0 Å². The molecule has 0 aliphatic rings. The number of thiophene rings is 1. The second-order valence-electron chi connectivity index (χ2n) is 10.9. The first kappa shape index (κ1) is 26.2. The Bertz CT molecular complexity index is 2220. The summed E-state index contributed by atoms with van der Waals surface area (Å²) in [6.45, 7) is 0. The van der Waals surface area contributed by atoms with Crippen LogP contribution in [0.25, 0.3) is 53.6 Å². The number of nitrogens with zero attached hydrogens (tertiary/aromatic N) is 1. The molecule has 0 N–H and O–H groups in total. The number of benzene rings is 7. The van der Waals surface area contributed by atoms with Gasteiger partial charge < -0.3 is 4.90 Å². The maximum absolute atomic E-state index is 2.46. The molecule has 7 aromatic carbocycles. The number of hydrogen-bond acceptors (Lipinski definition) is 2. The van der Waals surface area contributed by atoms with Crippen molar-refractivity contribution in [3.05, 3.63) is 176 Å². The van der Waals surface area contributed by atoms with E-state index in [1.54, 1.807) is 0 Å². The third kappa shape index (κ3) is 4.57. The van der Waals surface area contributed by atoms with Crippen LogP contribution in [-0.4, -0.2) is 0 Å². The lowest BCUT2D eigenvalue weighted by molar-refractivity contribution is 1.30. The Labute approximate surface area is 261 Å². The maximum Gasteiger partial charge on any atom is 0.0640 e. The maximum atomic E-state index is 2.46. The average Bonchev–Trinajstić information content (AvgIpc) is 3.49. The van der Waals surface area contributed by atoms with Gasteiger partial charge in [-0.15, -0.1) is 11.3 Å². The molecule has 2 heteroatoms. The predicted molar refractivity (Wildman–Crippen MR) is 190 cm³/mol. The van der Waals surface area contributed by atoms with Crippen molar-refractivity contribution in [1.82, 2.24) is 0 Å².